The molecule has 1 aliphatic rings. The Bertz CT molecular complexity index is 362. The molecule has 1 aliphatic heterocycles. The van der Waals surface area contributed by atoms with Crippen LogP contribution >= 0.6 is 0 Å². The van der Waals surface area contributed by atoms with Gasteiger partial charge in [-0.1, -0.05) is 6.07 Å². The molecule has 1 atom stereocenters. The first-order valence-electron chi connectivity index (χ1n) is 6.40. The highest BCUT2D eigenvalue weighted by molar-refractivity contribution is 5.59. The van der Waals surface area contributed by atoms with Crippen LogP contribution in [0.25, 0.3) is 0 Å². The van der Waals surface area contributed by atoms with Crippen LogP contribution in [0, 0.1) is 0 Å². The van der Waals surface area contributed by atoms with Gasteiger partial charge in [0.25, 0.3) is 0 Å². The highest BCUT2D eigenvalue weighted by Gasteiger charge is 2.18. The summed E-state index contributed by atoms with van der Waals surface area (Å²) < 4.78 is 0. The van der Waals surface area contributed by atoms with E-state index in [2.05, 4.69) is 60.5 Å². The summed E-state index contributed by atoms with van der Waals surface area (Å²) in [6.07, 6.45) is 2.57. The highest BCUT2D eigenvalue weighted by Crippen LogP contribution is 2.24. The van der Waals surface area contributed by atoms with E-state index in [1.165, 1.54) is 30.8 Å². The number of anilines is 2. The smallest absolute Gasteiger partial charge is 0.0387 e. The van der Waals surface area contributed by atoms with Gasteiger partial charge in [-0.25, -0.2) is 0 Å². The van der Waals surface area contributed by atoms with Crippen LogP contribution in [0.2, 0.25) is 0 Å². The SMILES string of the molecule is CNC1CCCN(c2cccc(N(C)C)c2)C1. The van der Waals surface area contributed by atoms with Crippen LogP contribution in [0.5, 0.6) is 0 Å². The number of hydrogen-bond donors (Lipinski definition) is 1. The van der Waals surface area contributed by atoms with Gasteiger partial charge in [0.15, 0.2) is 0 Å². The van der Waals surface area contributed by atoms with E-state index in [1.807, 2.05) is 0 Å². The van der Waals surface area contributed by atoms with Gasteiger partial charge in [-0.15, -0.1) is 0 Å². The van der Waals surface area contributed by atoms with E-state index in [0.29, 0.717) is 6.04 Å². The van der Waals surface area contributed by atoms with Crippen molar-refractivity contribution >= 4 is 11.4 Å². The molecule has 0 bridgehead atoms. The molecule has 0 radical (unpaired) electrons. The largest absolute Gasteiger partial charge is 0.378 e. The Balaban J connectivity index is 2.13. The normalized spacial score (nSPS) is 20.4. The first kappa shape index (κ1) is 12.2. The third-order valence-electron chi connectivity index (χ3n) is 3.54. The van der Waals surface area contributed by atoms with Crippen molar-refractivity contribution in [3.8, 4) is 0 Å². The van der Waals surface area contributed by atoms with Gasteiger partial charge in [0.2, 0.25) is 0 Å². The van der Waals surface area contributed by atoms with Crippen LogP contribution in [-0.4, -0.2) is 40.3 Å². The molecule has 0 aromatic heterocycles. The van der Waals surface area contributed by atoms with Crippen molar-refractivity contribution in [3.63, 3.8) is 0 Å². The maximum absolute atomic E-state index is 3.39. The predicted octanol–water partition coefficient (Wildman–Crippen LogP) is 1.94. The van der Waals surface area contributed by atoms with Gasteiger partial charge in [-0.05, 0) is 38.1 Å². The highest BCUT2D eigenvalue weighted by atomic mass is 15.2. The Morgan fingerprint density at radius 3 is 2.88 bits per heavy atom. The van der Waals surface area contributed by atoms with E-state index >= 15 is 0 Å². The van der Waals surface area contributed by atoms with Crippen molar-refractivity contribution in [2.24, 2.45) is 0 Å². The van der Waals surface area contributed by atoms with E-state index in [0.717, 1.165) is 6.54 Å². The molecule has 1 fully saturated rings. The fourth-order valence-corrected chi connectivity index (χ4v) is 2.42. The van der Waals surface area contributed by atoms with Gasteiger partial charge in [-0.3, -0.25) is 0 Å². The van der Waals surface area contributed by atoms with Crippen molar-refractivity contribution < 1.29 is 0 Å². The molecule has 94 valence electrons. The fourth-order valence-electron chi connectivity index (χ4n) is 2.42. The quantitative estimate of drug-likeness (QED) is 0.861. The lowest BCUT2D eigenvalue weighted by molar-refractivity contribution is 0.449. The summed E-state index contributed by atoms with van der Waals surface area (Å²) in [4.78, 5) is 4.64. The van der Waals surface area contributed by atoms with E-state index in [-0.39, 0.29) is 0 Å². The third-order valence-corrected chi connectivity index (χ3v) is 3.54. The number of nitrogens with one attached hydrogen (secondary N) is 1. The Morgan fingerprint density at radius 2 is 2.18 bits per heavy atom. The molecule has 1 aromatic rings. The summed E-state index contributed by atoms with van der Waals surface area (Å²) >= 11 is 0. The standard InChI is InChI=1S/C14H23N3/c1-15-12-6-5-9-17(11-12)14-8-4-7-13(10-14)16(2)3/h4,7-8,10,12,15H,5-6,9,11H2,1-3H3. The van der Waals surface area contributed by atoms with Gasteiger partial charge in [0, 0.05) is 44.6 Å². The molecular formula is C14H23N3. The summed E-state index contributed by atoms with van der Waals surface area (Å²) in [5, 5.41) is 3.39. The molecule has 0 spiro atoms. The van der Waals surface area contributed by atoms with E-state index in [4.69, 9.17) is 0 Å². The molecule has 3 nitrogen and oxygen atoms in total. The van der Waals surface area contributed by atoms with Crippen LogP contribution < -0.4 is 15.1 Å². The topological polar surface area (TPSA) is 18.5 Å². The number of hydrogen-bond acceptors (Lipinski definition) is 3. The average Bonchev–Trinajstić information content (AvgIpc) is 2.39. The third kappa shape index (κ3) is 2.91. The lowest BCUT2D eigenvalue weighted by Crippen LogP contribution is -2.44. The lowest BCUT2D eigenvalue weighted by atomic mass is 10.1. The fraction of sp³-hybridized carbons (Fsp3) is 0.571. The molecule has 1 N–H and O–H groups in total. The second-order valence-electron chi connectivity index (χ2n) is 4.99. The zero-order chi connectivity index (χ0) is 12.3. The lowest BCUT2D eigenvalue weighted by Gasteiger charge is -2.34. The van der Waals surface area contributed by atoms with Crippen LogP contribution in [0.4, 0.5) is 11.4 Å². The Kier molecular flexibility index (Phi) is 3.89. The molecule has 1 aromatic carbocycles. The monoisotopic (exact) mass is 233 g/mol. The molecule has 0 amide bonds. The molecule has 17 heavy (non-hydrogen) atoms. The van der Waals surface area contributed by atoms with E-state index < -0.39 is 0 Å². The van der Waals surface area contributed by atoms with Crippen LogP contribution in [0.3, 0.4) is 0 Å². The maximum Gasteiger partial charge on any atom is 0.0387 e. The Labute approximate surface area is 104 Å². The average molecular weight is 233 g/mol. The number of nitrogens with zero attached hydrogens (tertiary/aromatic N) is 2. The molecule has 0 aliphatic carbocycles. The molecule has 0 saturated carbocycles. The number of rotatable bonds is 3. The maximum atomic E-state index is 3.39. The van der Waals surface area contributed by atoms with Crippen molar-refractivity contribution in [2.75, 3.05) is 44.0 Å². The van der Waals surface area contributed by atoms with Crippen LogP contribution in [0.15, 0.2) is 24.3 Å². The second kappa shape index (κ2) is 5.41. The van der Waals surface area contributed by atoms with Crippen molar-refractivity contribution in [3.05, 3.63) is 24.3 Å². The molecule has 2 rings (SSSR count). The molecule has 1 heterocycles. The zero-order valence-electron chi connectivity index (χ0n) is 11.1. The van der Waals surface area contributed by atoms with E-state index in [1.54, 1.807) is 0 Å². The van der Waals surface area contributed by atoms with Gasteiger partial charge in [-0.2, -0.15) is 0 Å². The summed E-state index contributed by atoms with van der Waals surface area (Å²) in [5.74, 6) is 0. The second-order valence-corrected chi connectivity index (χ2v) is 4.99. The number of piperidine rings is 1. The molecule has 1 unspecified atom stereocenters. The zero-order valence-corrected chi connectivity index (χ0v) is 11.1. The van der Waals surface area contributed by atoms with E-state index in [9.17, 15) is 0 Å². The number of likely N-dealkylation sites (N-methyl/N-ethyl adjacent to an activating group) is 1. The Hall–Kier alpha value is -1.22. The Morgan fingerprint density at radius 1 is 1.35 bits per heavy atom. The first-order chi connectivity index (χ1) is 8.20. The minimum Gasteiger partial charge on any atom is -0.378 e. The molecular weight excluding hydrogens is 210 g/mol. The molecule has 1 saturated heterocycles. The van der Waals surface area contributed by atoms with Crippen LogP contribution in [0.1, 0.15) is 12.8 Å². The molecule has 3 heteroatoms. The minimum atomic E-state index is 0.631. The van der Waals surface area contributed by atoms with Crippen molar-refractivity contribution in [2.45, 2.75) is 18.9 Å². The summed E-state index contributed by atoms with van der Waals surface area (Å²) in [7, 11) is 6.24. The van der Waals surface area contributed by atoms with Crippen molar-refractivity contribution in [1.82, 2.24) is 5.32 Å². The van der Waals surface area contributed by atoms with Gasteiger partial charge < -0.3 is 15.1 Å². The van der Waals surface area contributed by atoms with Crippen molar-refractivity contribution in [1.29, 1.82) is 0 Å². The number of benzene rings is 1. The van der Waals surface area contributed by atoms with Gasteiger partial charge in [0.05, 0.1) is 0 Å². The van der Waals surface area contributed by atoms with Crippen LogP contribution in [-0.2, 0) is 0 Å². The van der Waals surface area contributed by atoms with Gasteiger partial charge >= 0.3 is 0 Å². The predicted molar refractivity (Wildman–Crippen MR) is 75.1 cm³/mol. The minimum absolute atomic E-state index is 0.631. The first-order valence-corrected chi connectivity index (χ1v) is 6.40. The summed E-state index contributed by atoms with van der Waals surface area (Å²) in [6.45, 7) is 2.29. The summed E-state index contributed by atoms with van der Waals surface area (Å²) in [6, 6.07) is 9.42. The summed E-state index contributed by atoms with van der Waals surface area (Å²) in [5.41, 5.74) is 2.62. The van der Waals surface area contributed by atoms with Gasteiger partial charge in [0.1, 0.15) is 0 Å².